The highest BCUT2D eigenvalue weighted by atomic mass is 32.2. The van der Waals surface area contributed by atoms with Crippen LogP contribution in [0, 0.1) is 11.3 Å². The molecule has 9 rings (SSSR count). The number of benzene rings is 3. The van der Waals surface area contributed by atoms with Gasteiger partial charge in [-0.2, -0.15) is 0 Å². The highest BCUT2D eigenvalue weighted by Crippen LogP contribution is 2.29. The standard InChI is InChI=1S/C92H125N23O20S/c1-9-11-24-71-84(128)103-62(23-17-32-98-92(95)96)80(124)110-70(79(123)101-45-76(94)120)48-136-49-77(121)102-66(36-52-27-29-56(117)30-28-52)87(131)111(6)51(5)78(122)106-68(41-75(93)119)89(133)114-34-18-26-72(114)85(129)104-63(37-53-31-33-97-42-53)81(125)107-65(35-50(3)4)90(134)115-46-57(118)40-74(115)86(130)105-64(38-54-43-99-60-21-15-13-19-58(54)60)82(126)109-69(47-116)83(127)108-67(39-55-44-100-61-22-16-14-20-59(55)61)88(132)113(8)73(25-12-10-2)91(135)112(71)7/h9-10,13-16,19-22,27-30,33,42-44,50-51,57,62-74,99-100,116-118H,1-2,11-12,17-18,23-26,31-32,34-41,45-49H2,3-8H3,(H2,93,119)(H2,94,120)(H,101,123)(H,102,121)(H,103,128)(H,104,129)(H,105,130)(H,106,122)(H,107,125)(H,108,127)(H,109,126)(H,110,124)(H4,95,96,98)/t51-,57+,62-,63-,64-,65-,66-,67-,68-,69-,70-,71-,72-,73-,74-/m0/s1. The Morgan fingerprint density at radius 3 is 1.71 bits per heavy atom. The van der Waals surface area contributed by atoms with E-state index in [1.54, 1.807) is 81.0 Å². The van der Waals surface area contributed by atoms with Gasteiger partial charge in [-0.1, -0.05) is 74.5 Å². The lowest BCUT2D eigenvalue weighted by molar-refractivity contribution is -0.149. The van der Waals surface area contributed by atoms with E-state index in [1.165, 1.54) is 70.7 Å². The maximum atomic E-state index is 15.7. The molecule has 43 nitrogen and oxygen atoms in total. The van der Waals surface area contributed by atoms with Crippen LogP contribution in [0.4, 0.5) is 0 Å². The highest BCUT2D eigenvalue weighted by molar-refractivity contribution is 8.00. The van der Waals surface area contributed by atoms with Crippen molar-refractivity contribution in [1.29, 1.82) is 5.41 Å². The summed E-state index contributed by atoms with van der Waals surface area (Å²) in [5, 5.41) is 71.0. The largest absolute Gasteiger partial charge is 0.508 e. The summed E-state index contributed by atoms with van der Waals surface area (Å²) in [4.78, 5) is 266. The van der Waals surface area contributed by atoms with Crippen molar-refractivity contribution in [3.8, 4) is 5.75 Å². The number of aliphatic hydroxyl groups is 2. The molecule has 15 atom stereocenters. The smallest absolute Gasteiger partial charge is 0.246 e. The number of thioether (sulfide) groups is 1. The summed E-state index contributed by atoms with van der Waals surface area (Å²) in [7, 11) is 3.79. The quantitative estimate of drug-likeness (QED) is 0.0117. The Bertz CT molecular complexity index is 5290. The number of aromatic amines is 2. The van der Waals surface area contributed by atoms with Gasteiger partial charge in [-0.15, -0.1) is 24.9 Å². The number of aliphatic hydroxyl groups excluding tert-OH is 2. The SMILES string of the molecule is C=CCC[C@H]1C(=O)N(C)[C@@H](CCC=C)C(=O)N[C@@H](CCCNC(=N)N)C(=O)N[C@H](C(=O)NCC(N)=O)CSCC(=O)N[C@@H](Cc2ccc(O)cc2)C(=O)N(C)[C@@H](C)C(=O)N[C@@H](CC(N)=O)C(=O)N2CCC[C@H]2C(=O)N[C@@H](CC2=CN=CC2)C(=O)N[C@@H](CC(C)C)C(=O)N2C[C@H](O)C[C@H]2C(=O)N[C@@H](Cc2c[nH]c3ccccc23)C(=O)N[C@@H](CO)C(=O)N[C@@H](Cc2c[nH]c3ccccc23)C(=O)N1C. The average Bonchev–Trinajstić information content (AvgIpc) is 1.53. The van der Waals surface area contributed by atoms with Gasteiger partial charge in [0.05, 0.1) is 31.4 Å². The number of nitrogens with two attached hydrogens (primary N) is 3. The third-order valence-corrected chi connectivity index (χ3v) is 25.2. The van der Waals surface area contributed by atoms with E-state index < -0.39 is 241 Å². The predicted octanol–water partition coefficient (Wildman–Crippen LogP) is -2.59. The molecule has 4 aliphatic rings. The number of phenolic OH excluding ortho intramolecular Hbond substituents is 1. The third kappa shape index (κ3) is 29.2. The molecule has 3 fully saturated rings. The molecule has 5 aromatic rings. The number of aromatic nitrogens is 2. The number of rotatable bonds is 26. The number of hydrogen-bond donors (Lipinski definition) is 20. The summed E-state index contributed by atoms with van der Waals surface area (Å²) < 4.78 is 0. The molecule has 0 radical (unpaired) electrons. The minimum Gasteiger partial charge on any atom is -0.508 e. The molecule has 23 N–H and O–H groups in total. The van der Waals surface area contributed by atoms with Crippen molar-refractivity contribution >= 4 is 146 Å². The Labute approximate surface area is 789 Å². The first-order chi connectivity index (χ1) is 64.8. The molecule has 0 bridgehead atoms. The number of amides is 17. The van der Waals surface area contributed by atoms with Gasteiger partial charge in [0.1, 0.15) is 90.3 Å². The van der Waals surface area contributed by atoms with E-state index in [-0.39, 0.29) is 115 Å². The van der Waals surface area contributed by atoms with Crippen molar-refractivity contribution in [2.24, 2.45) is 28.1 Å². The van der Waals surface area contributed by atoms with Crippen molar-refractivity contribution in [2.75, 3.05) is 65.4 Å². The van der Waals surface area contributed by atoms with Gasteiger partial charge in [-0.05, 0) is 124 Å². The van der Waals surface area contributed by atoms with Crippen molar-refractivity contribution < 1.29 is 96.8 Å². The van der Waals surface area contributed by atoms with Crippen LogP contribution in [0.3, 0.4) is 0 Å². The molecular weight excluding hydrogens is 1780 g/mol. The second-order valence-corrected chi connectivity index (χ2v) is 35.7. The van der Waals surface area contributed by atoms with Gasteiger partial charge < -0.3 is 125 Å². The molecule has 136 heavy (non-hydrogen) atoms. The number of nitrogens with zero attached hydrogens (tertiary/aromatic N) is 6. The Morgan fingerprint density at radius 2 is 1.12 bits per heavy atom. The summed E-state index contributed by atoms with van der Waals surface area (Å²) in [5.41, 5.74) is 19.9. The zero-order valence-corrected chi connectivity index (χ0v) is 77.7. The van der Waals surface area contributed by atoms with Gasteiger partial charge in [-0.3, -0.25) is 91.9 Å². The summed E-state index contributed by atoms with van der Waals surface area (Å²) in [6.07, 6.45) is 5.45. The molecule has 734 valence electrons. The normalized spacial score (nSPS) is 25.0. The predicted molar refractivity (Wildman–Crippen MR) is 503 cm³/mol. The molecule has 0 aliphatic carbocycles. The van der Waals surface area contributed by atoms with Gasteiger partial charge in [0.25, 0.3) is 0 Å². The first-order valence-electron chi connectivity index (χ1n) is 45.0. The fraction of sp³-hybridized carbons (Fsp3) is 0.489. The maximum absolute atomic E-state index is 15.7. The second kappa shape index (κ2) is 50.3. The van der Waals surface area contributed by atoms with Crippen LogP contribution in [0.5, 0.6) is 5.75 Å². The molecule has 0 unspecified atom stereocenters. The van der Waals surface area contributed by atoms with Crippen LogP contribution >= 0.6 is 11.8 Å². The second-order valence-electron chi connectivity index (χ2n) is 34.7. The molecular formula is C92H125N23O20S. The minimum absolute atomic E-state index is 0.00822. The van der Waals surface area contributed by atoms with Gasteiger partial charge in [0.2, 0.25) is 100 Å². The van der Waals surface area contributed by atoms with Gasteiger partial charge in [-0.25, -0.2) is 0 Å². The van der Waals surface area contributed by atoms with E-state index in [1.807, 2.05) is 0 Å². The van der Waals surface area contributed by atoms with Crippen molar-refractivity contribution in [2.45, 2.75) is 214 Å². The van der Waals surface area contributed by atoms with E-state index in [0.29, 0.717) is 44.1 Å². The molecule has 0 spiro atoms. The Kier molecular flexibility index (Phi) is 39.1. The fourth-order valence-corrected chi connectivity index (χ4v) is 17.6. The van der Waals surface area contributed by atoms with E-state index in [0.717, 1.165) is 36.3 Å². The van der Waals surface area contributed by atoms with Crippen LogP contribution in [0.15, 0.2) is 127 Å². The lowest BCUT2D eigenvalue weighted by atomic mass is 9.99. The molecule has 44 heteroatoms. The number of likely N-dealkylation sites (N-methyl/N-ethyl adjacent to an activating group) is 3. The van der Waals surface area contributed by atoms with Gasteiger partial charge in [0, 0.05) is 125 Å². The maximum Gasteiger partial charge on any atom is 0.246 e. The van der Waals surface area contributed by atoms with Crippen LogP contribution < -0.4 is 75.7 Å². The summed E-state index contributed by atoms with van der Waals surface area (Å²) in [5.74, 6) is -18.3. The van der Waals surface area contributed by atoms with Crippen LogP contribution in [-0.2, 0) is 101 Å². The number of nitrogens with one attached hydrogen (secondary N) is 14. The number of primary amides is 2. The summed E-state index contributed by atoms with van der Waals surface area (Å²) >= 11 is 0.747. The average molecular weight is 1910 g/mol. The van der Waals surface area contributed by atoms with Crippen molar-refractivity contribution in [3.05, 3.63) is 139 Å². The number of allylic oxidation sites excluding steroid dienone is 2. The van der Waals surface area contributed by atoms with E-state index in [2.05, 4.69) is 86.6 Å². The number of H-pyrrole nitrogens is 2. The molecule has 2 aromatic heterocycles. The first kappa shape index (κ1) is 106. The van der Waals surface area contributed by atoms with Crippen LogP contribution in [0.2, 0.25) is 0 Å². The first-order valence-corrected chi connectivity index (χ1v) is 46.2. The third-order valence-electron chi connectivity index (χ3n) is 24.2. The molecule has 6 heterocycles. The number of hydrogen-bond acceptors (Lipinski definition) is 23. The van der Waals surface area contributed by atoms with E-state index in [9.17, 15) is 58.5 Å². The molecule has 4 aliphatic heterocycles. The van der Waals surface area contributed by atoms with Crippen LogP contribution in [-0.4, -0.2) is 319 Å². The Balaban J connectivity index is 1.10. The minimum atomic E-state index is -1.91. The Hall–Kier alpha value is -14.0. The summed E-state index contributed by atoms with van der Waals surface area (Å²) in [6.45, 7) is 9.98. The van der Waals surface area contributed by atoms with Gasteiger partial charge in [0.15, 0.2) is 5.96 Å². The monoisotopic (exact) mass is 1900 g/mol. The molecule has 3 aromatic carbocycles. The number of aliphatic imine (C=N–C) groups is 1. The lowest BCUT2D eigenvalue weighted by Gasteiger charge is -2.36. The van der Waals surface area contributed by atoms with Crippen LogP contribution in [0.1, 0.15) is 121 Å². The fourth-order valence-electron chi connectivity index (χ4n) is 16.7. The molecule has 17 amide bonds. The van der Waals surface area contributed by atoms with Crippen LogP contribution in [0.25, 0.3) is 21.8 Å². The zero-order chi connectivity index (χ0) is 99.3. The number of fused-ring (bicyclic) bond motifs is 4. The number of carbonyl (C=O) groups is 17. The molecule has 0 saturated carbocycles. The Morgan fingerprint density at radius 1 is 0.581 bits per heavy atom. The summed E-state index contributed by atoms with van der Waals surface area (Å²) in [6, 6.07) is -2.60. The van der Waals surface area contributed by atoms with Crippen molar-refractivity contribution in [1.82, 2.24) is 93.0 Å². The van der Waals surface area contributed by atoms with E-state index >= 15 is 38.4 Å². The highest BCUT2D eigenvalue weighted by Gasteiger charge is 2.47. The van der Waals surface area contributed by atoms with Crippen molar-refractivity contribution in [3.63, 3.8) is 0 Å². The lowest BCUT2D eigenvalue weighted by Crippen LogP contribution is -2.61. The number of carbonyl (C=O) groups excluding carboxylic acids is 17. The zero-order valence-electron chi connectivity index (χ0n) is 76.9. The van der Waals surface area contributed by atoms with E-state index in [4.69, 9.17) is 22.6 Å². The number of para-hydroxylation sites is 2. The van der Waals surface area contributed by atoms with Gasteiger partial charge >= 0.3 is 0 Å². The topological polar surface area (TPSA) is 645 Å². The number of aromatic hydroxyl groups is 1. The number of phenols is 1. The number of guanidine groups is 1. The molecule has 3 saturated heterocycles.